The number of furan rings is 1. The van der Waals surface area contributed by atoms with Crippen molar-refractivity contribution in [3.05, 3.63) is 47.9 Å². The van der Waals surface area contributed by atoms with Crippen molar-refractivity contribution in [2.45, 2.75) is 31.3 Å². The molecule has 5 rings (SSSR count). The third-order valence-electron chi connectivity index (χ3n) is 6.13. The van der Waals surface area contributed by atoms with E-state index < -0.39 is 0 Å². The van der Waals surface area contributed by atoms with Crippen molar-refractivity contribution in [1.82, 2.24) is 10.2 Å². The van der Waals surface area contributed by atoms with Crippen molar-refractivity contribution in [3.8, 4) is 5.75 Å². The van der Waals surface area contributed by atoms with Gasteiger partial charge in [-0.15, -0.1) is 0 Å². The Morgan fingerprint density at radius 3 is 3.00 bits per heavy atom. The molecule has 3 heterocycles. The molecule has 0 spiro atoms. The number of fused-ring (bicyclic) bond motifs is 3. The van der Waals surface area contributed by atoms with Crippen LogP contribution >= 0.6 is 0 Å². The molecule has 1 saturated heterocycles. The van der Waals surface area contributed by atoms with E-state index in [1.165, 1.54) is 12.5 Å². The Hall–Kier alpha value is -2.96. The standard InChI is InChI=1S/C21H23N3O4/c25-20(14-2-4-17-19(10-14)28-8-6-22-17)23-11-18-13-1-3-16(9-13)24(18)21(26)15-5-7-27-12-15/h2,4-5,7,10,12-13,16,18,22H,1,3,6,8-9,11H2,(H,23,25)/t13-,16+,18+/m0/s1. The van der Waals surface area contributed by atoms with Gasteiger partial charge in [-0.3, -0.25) is 9.59 Å². The smallest absolute Gasteiger partial charge is 0.257 e. The number of anilines is 1. The first-order valence-corrected chi connectivity index (χ1v) is 9.84. The van der Waals surface area contributed by atoms with E-state index >= 15 is 0 Å². The maximum absolute atomic E-state index is 12.9. The molecule has 28 heavy (non-hydrogen) atoms. The Morgan fingerprint density at radius 2 is 2.14 bits per heavy atom. The average molecular weight is 381 g/mol. The fraction of sp³-hybridized carbons (Fsp3) is 0.429. The number of hydrogen-bond acceptors (Lipinski definition) is 5. The number of amides is 2. The molecule has 2 N–H and O–H groups in total. The highest BCUT2D eigenvalue weighted by Crippen LogP contribution is 2.43. The van der Waals surface area contributed by atoms with Gasteiger partial charge in [0.25, 0.3) is 11.8 Å². The molecule has 146 valence electrons. The number of nitrogens with one attached hydrogen (secondary N) is 2. The molecular formula is C21H23N3O4. The van der Waals surface area contributed by atoms with Crippen LogP contribution in [0.15, 0.2) is 41.2 Å². The third kappa shape index (κ3) is 2.91. The van der Waals surface area contributed by atoms with Crippen molar-refractivity contribution in [2.75, 3.05) is 25.0 Å². The number of rotatable bonds is 4. The van der Waals surface area contributed by atoms with Crippen LogP contribution in [0.25, 0.3) is 0 Å². The third-order valence-corrected chi connectivity index (χ3v) is 6.13. The average Bonchev–Trinajstić information content (AvgIpc) is 3.48. The maximum Gasteiger partial charge on any atom is 0.257 e. The molecule has 3 atom stereocenters. The van der Waals surface area contributed by atoms with E-state index in [0.717, 1.165) is 31.5 Å². The van der Waals surface area contributed by atoms with Gasteiger partial charge in [0.1, 0.15) is 18.6 Å². The topological polar surface area (TPSA) is 83.8 Å². The molecule has 3 aliphatic rings. The predicted molar refractivity (Wildman–Crippen MR) is 103 cm³/mol. The van der Waals surface area contributed by atoms with E-state index in [1.807, 2.05) is 11.0 Å². The summed E-state index contributed by atoms with van der Waals surface area (Å²) in [5.74, 6) is 0.997. The number of nitrogens with zero attached hydrogens (tertiary/aromatic N) is 1. The second-order valence-corrected chi connectivity index (χ2v) is 7.71. The summed E-state index contributed by atoms with van der Waals surface area (Å²) < 4.78 is 10.7. The van der Waals surface area contributed by atoms with Crippen LogP contribution in [0, 0.1) is 5.92 Å². The summed E-state index contributed by atoms with van der Waals surface area (Å²) in [5, 5.41) is 6.28. The Labute approximate surface area is 163 Å². The molecule has 2 amide bonds. The molecule has 1 aliphatic carbocycles. The Balaban J connectivity index is 1.28. The molecule has 2 bridgehead atoms. The number of carbonyl (C=O) groups is 2. The van der Waals surface area contributed by atoms with Gasteiger partial charge < -0.3 is 24.7 Å². The summed E-state index contributed by atoms with van der Waals surface area (Å²) >= 11 is 0. The van der Waals surface area contributed by atoms with Gasteiger partial charge in [0.05, 0.1) is 23.6 Å². The van der Waals surface area contributed by atoms with Gasteiger partial charge in [0, 0.05) is 24.7 Å². The van der Waals surface area contributed by atoms with E-state index in [2.05, 4.69) is 10.6 Å². The van der Waals surface area contributed by atoms with Crippen LogP contribution < -0.4 is 15.4 Å². The number of benzene rings is 1. The number of piperidine rings is 1. The molecule has 7 heteroatoms. The van der Waals surface area contributed by atoms with Crippen molar-refractivity contribution in [2.24, 2.45) is 5.92 Å². The second kappa shape index (κ2) is 6.89. The summed E-state index contributed by atoms with van der Waals surface area (Å²) in [4.78, 5) is 27.6. The molecule has 1 saturated carbocycles. The van der Waals surface area contributed by atoms with E-state index in [1.54, 1.807) is 18.2 Å². The SMILES string of the molecule is O=C(NC[C@@H]1[C@H]2CC[C@H](C2)N1C(=O)c1ccoc1)c1ccc2c(c1)OCCN2. The zero-order valence-electron chi connectivity index (χ0n) is 15.5. The highest BCUT2D eigenvalue weighted by molar-refractivity contribution is 5.96. The van der Waals surface area contributed by atoms with Gasteiger partial charge >= 0.3 is 0 Å². The number of likely N-dealkylation sites (tertiary alicyclic amines) is 1. The first-order chi connectivity index (χ1) is 13.7. The number of hydrogen-bond donors (Lipinski definition) is 2. The van der Waals surface area contributed by atoms with E-state index in [4.69, 9.17) is 9.15 Å². The van der Waals surface area contributed by atoms with Crippen LogP contribution in [0.3, 0.4) is 0 Å². The minimum Gasteiger partial charge on any atom is -0.490 e. The van der Waals surface area contributed by atoms with E-state index in [0.29, 0.717) is 35.9 Å². The quantitative estimate of drug-likeness (QED) is 0.850. The van der Waals surface area contributed by atoms with E-state index in [9.17, 15) is 9.59 Å². The van der Waals surface area contributed by atoms with Crippen molar-refractivity contribution >= 4 is 17.5 Å². The Bertz CT molecular complexity index is 895. The highest BCUT2D eigenvalue weighted by Gasteiger charge is 2.48. The van der Waals surface area contributed by atoms with Gasteiger partial charge in [-0.25, -0.2) is 0 Å². The maximum atomic E-state index is 12.9. The lowest BCUT2D eigenvalue weighted by atomic mass is 9.98. The molecule has 0 unspecified atom stereocenters. The summed E-state index contributed by atoms with van der Waals surface area (Å²) in [6.45, 7) is 1.82. The zero-order chi connectivity index (χ0) is 19.1. The second-order valence-electron chi connectivity index (χ2n) is 7.71. The largest absolute Gasteiger partial charge is 0.490 e. The summed E-state index contributed by atoms with van der Waals surface area (Å²) in [5.41, 5.74) is 2.05. The van der Waals surface area contributed by atoms with Gasteiger partial charge in [0.2, 0.25) is 0 Å². The number of ether oxygens (including phenoxy) is 1. The van der Waals surface area contributed by atoms with Gasteiger partial charge in [-0.2, -0.15) is 0 Å². The molecule has 1 aromatic heterocycles. The molecule has 2 fully saturated rings. The molecule has 0 radical (unpaired) electrons. The molecule has 2 aliphatic heterocycles. The van der Waals surface area contributed by atoms with Crippen molar-refractivity contribution in [3.63, 3.8) is 0 Å². The van der Waals surface area contributed by atoms with Crippen LogP contribution in [0.1, 0.15) is 40.0 Å². The van der Waals surface area contributed by atoms with Crippen LogP contribution in [0.4, 0.5) is 5.69 Å². The van der Waals surface area contributed by atoms with Crippen molar-refractivity contribution < 1.29 is 18.7 Å². The predicted octanol–water partition coefficient (Wildman–Crippen LogP) is 2.51. The fourth-order valence-corrected chi connectivity index (χ4v) is 4.78. The van der Waals surface area contributed by atoms with Crippen LogP contribution in [-0.2, 0) is 0 Å². The summed E-state index contributed by atoms with van der Waals surface area (Å²) in [6.07, 6.45) is 6.17. The Kier molecular flexibility index (Phi) is 4.22. The lowest BCUT2D eigenvalue weighted by molar-refractivity contribution is 0.0581. The Morgan fingerprint density at radius 1 is 1.21 bits per heavy atom. The summed E-state index contributed by atoms with van der Waals surface area (Å²) in [7, 11) is 0. The zero-order valence-corrected chi connectivity index (χ0v) is 15.5. The van der Waals surface area contributed by atoms with Crippen LogP contribution in [0.5, 0.6) is 5.75 Å². The molecule has 2 aromatic rings. The lowest BCUT2D eigenvalue weighted by Crippen LogP contribution is -2.50. The molecular weight excluding hydrogens is 358 g/mol. The van der Waals surface area contributed by atoms with Crippen LogP contribution in [-0.4, -0.2) is 48.5 Å². The molecule has 7 nitrogen and oxygen atoms in total. The van der Waals surface area contributed by atoms with Gasteiger partial charge in [-0.1, -0.05) is 0 Å². The van der Waals surface area contributed by atoms with Crippen molar-refractivity contribution in [1.29, 1.82) is 0 Å². The first-order valence-electron chi connectivity index (χ1n) is 9.84. The number of carbonyl (C=O) groups excluding carboxylic acids is 2. The first kappa shape index (κ1) is 17.2. The minimum absolute atomic E-state index is 0.00606. The van der Waals surface area contributed by atoms with Crippen LogP contribution in [0.2, 0.25) is 0 Å². The van der Waals surface area contributed by atoms with E-state index in [-0.39, 0.29) is 23.9 Å². The van der Waals surface area contributed by atoms with Gasteiger partial charge in [0.15, 0.2) is 0 Å². The minimum atomic E-state index is -0.143. The monoisotopic (exact) mass is 381 g/mol. The lowest BCUT2D eigenvalue weighted by Gasteiger charge is -2.35. The highest BCUT2D eigenvalue weighted by atomic mass is 16.5. The molecule has 1 aromatic carbocycles. The summed E-state index contributed by atoms with van der Waals surface area (Å²) in [6, 6.07) is 7.43. The fourth-order valence-electron chi connectivity index (χ4n) is 4.78. The normalized spacial score (nSPS) is 25.0. The van der Waals surface area contributed by atoms with Gasteiger partial charge in [-0.05, 0) is 49.4 Å².